The first-order chi connectivity index (χ1) is 15.3. The number of rotatable bonds is 12. The Morgan fingerprint density at radius 1 is 1.03 bits per heavy atom. The molecule has 0 spiro atoms. The number of likely N-dealkylation sites (tertiary alicyclic amines) is 1. The van der Waals surface area contributed by atoms with Crippen molar-refractivity contribution >= 4 is 11.9 Å². The average molecular weight is 460 g/mol. The SMILES string of the molecule is CCCCCCCCCCCOC(=O)C1CCCN1C(=O)c1c(F)cccc1C(F)(F)F. The van der Waals surface area contributed by atoms with E-state index in [1.807, 2.05) is 0 Å². The number of carbonyl (C=O) groups excluding carboxylic acids is 2. The Bertz CT molecular complexity index is 751. The van der Waals surface area contributed by atoms with Crippen molar-refractivity contribution in [3.63, 3.8) is 0 Å². The third-order valence-electron chi connectivity index (χ3n) is 5.81. The number of halogens is 4. The summed E-state index contributed by atoms with van der Waals surface area (Å²) in [5.41, 5.74) is -2.38. The Balaban J connectivity index is 1.84. The van der Waals surface area contributed by atoms with Crippen LogP contribution in [-0.2, 0) is 15.7 Å². The Kier molecular flexibility index (Phi) is 10.5. The molecule has 1 aliphatic heterocycles. The van der Waals surface area contributed by atoms with E-state index in [0.29, 0.717) is 18.9 Å². The van der Waals surface area contributed by atoms with Gasteiger partial charge in [-0.3, -0.25) is 4.79 Å². The molecular formula is C24H33F4NO3. The first kappa shape index (κ1) is 26.1. The molecule has 1 saturated heterocycles. The molecule has 2 rings (SSSR count). The third kappa shape index (κ3) is 7.48. The molecule has 1 aromatic rings. The summed E-state index contributed by atoms with van der Waals surface area (Å²) in [6.45, 7) is 2.48. The van der Waals surface area contributed by atoms with E-state index in [-0.39, 0.29) is 19.6 Å². The molecule has 1 aromatic carbocycles. The lowest BCUT2D eigenvalue weighted by Crippen LogP contribution is -2.42. The van der Waals surface area contributed by atoms with Gasteiger partial charge in [0.25, 0.3) is 5.91 Å². The van der Waals surface area contributed by atoms with E-state index in [1.54, 1.807) is 0 Å². The van der Waals surface area contributed by atoms with Gasteiger partial charge in [-0.15, -0.1) is 0 Å². The Morgan fingerprint density at radius 2 is 1.66 bits per heavy atom. The van der Waals surface area contributed by atoms with Crippen LogP contribution in [0.5, 0.6) is 0 Å². The van der Waals surface area contributed by atoms with Gasteiger partial charge >= 0.3 is 12.1 Å². The molecule has 0 saturated carbocycles. The number of alkyl halides is 3. The lowest BCUT2D eigenvalue weighted by molar-refractivity contribution is -0.148. The molecule has 0 radical (unpaired) electrons. The molecule has 0 bridgehead atoms. The van der Waals surface area contributed by atoms with Crippen LogP contribution in [0.1, 0.15) is 93.5 Å². The van der Waals surface area contributed by atoms with Crippen molar-refractivity contribution in [3.8, 4) is 0 Å². The smallest absolute Gasteiger partial charge is 0.417 e. The quantitative estimate of drug-likeness (QED) is 0.203. The molecule has 0 aliphatic carbocycles. The lowest BCUT2D eigenvalue weighted by Gasteiger charge is -2.25. The summed E-state index contributed by atoms with van der Waals surface area (Å²) in [5.74, 6) is -3.02. The van der Waals surface area contributed by atoms with Crippen LogP contribution in [0.4, 0.5) is 17.6 Å². The number of amides is 1. The van der Waals surface area contributed by atoms with Crippen molar-refractivity contribution in [1.29, 1.82) is 0 Å². The second kappa shape index (κ2) is 12.8. The van der Waals surface area contributed by atoms with Crippen LogP contribution in [0.3, 0.4) is 0 Å². The van der Waals surface area contributed by atoms with Crippen molar-refractivity contribution < 1.29 is 31.9 Å². The summed E-state index contributed by atoms with van der Waals surface area (Å²) in [6, 6.07) is 1.41. The van der Waals surface area contributed by atoms with Crippen LogP contribution in [0, 0.1) is 5.82 Å². The molecule has 1 heterocycles. The van der Waals surface area contributed by atoms with Crippen molar-refractivity contribution in [1.82, 2.24) is 4.90 Å². The van der Waals surface area contributed by atoms with Crippen LogP contribution in [0.15, 0.2) is 18.2 Å². The maximum atomic E-state index is 14.2. The van der Waals surface area contributed by atoms with Crippen molar-refractivity contribution in [2.75, 3.05) is 13.2 Å². The number of nitrogens with zero attached hydrogens (tertiary/aromatic N) is 1. The number of esters is 1. The maximum Gasteiger partial charge on any atom is 0.417 e. The van der Waals surface area contributed by atoms with Gasteiger partial charge in [-0.2, -0.15) is 13.2 Å². The molecule has 1 aliphatic rings. The predicted octanol–water partition coefficient (Wildman–Crippen LogP) is 6.52. The highest BCUT2D eigenvalue weighted by atomic mass is 19.4. The minimum absolute atomic E-state index is 0.0856. The number of ether oxygens (including phenoxy) is 1. The van der Waals surface area contributed by atoms with Crippen LogP contribution in [0.25, 0.3) is 0 Å². The molecule has 0 aromatic heterocycles. The Labute approximate surface area is 187 Å². The van der Waals surface area contributed by atoms with Crippen LogP contribution >= 0.6 is 0 Å². The van der Waals surface area contributed by atoms with Gasteiger partial charge in [0.2, 0.25) is 0 Å². The lowest BCUT2D eigenvalue weighted by atomic mass is 10.0. The van der Waals surface area contributed by atoms with Gasteiger partial charge in [0.05, 0.1) is 17.7 Å². The van der Waals surface area contributed by atoms with Gasteiger partial charge in [0, 0.05) is 6.54 Å². The molecule has 8 heteroatoms. The summed E-state index contributed by atoms with van der Waals surface area (Å²) in [4.78, 5) is 26.2. The van der Waals surface area contributed by atoms with Gasteiger partial charge in [-0.1, -0.05) is 64.4 Å². The average Bonchev–Trinajstić information content (AvgIpc) is 3.23. The number of carbonyl (C=O) groups is 2. The van der Waals surface area contributed by atoms with E-state index in [2.05, 4.69) is 6.92 Å². The monoisotopic (exact) mass is 459 g/mol. The predicted molar refractivity (Wildman–Crippen MR) is 114 cm³/mol. The number of benzene rings is 1. The summed E-state index contributed by atoms with van der Waals surface area (Å²) in [7, 11) is 0. The van der Waals surface area contributed by atoms with E-state index >= 15 is 0 Å². The van der Waals surface area contributed by atoms with Gasteiger partial charge < -0.3 is 9.64 Å². The summed E-state index contributed by atoms with van der Waals surface area (Å²) in [5, 5.41) is 0. The molecule has 1 amide bonds. The van der Waals surface area contributed by atoms with Crippen molar-refractivity contribution in [2.45, 2.75) is 89.8 Å². The van der Waals surface area contributed by atoms with Gasteiger partial charge in [-0.25, -0.2) is 9.18 Å². The highest BCUT2D eigenvalue weighted by molar-refractivity contribution is 5.98. The van der Waals surface area contributed by atoms with Gasteiger partial charge in [0.1, 0.15) is 11.9 Å². The molecule has 4 nitrogen and oxygen atoms in total. The fraction of sp³-hybridized carbons (Fsp3) is 0.667. The summed E-state index contributed by atoms with van der Waals surface area (Å²) < 4.78 is 59.3. The zero-order chi connectivity index (χ0) is 23.6. The standard InChI is InChI=1S/C24H33F4NO3/c1-2-3-4-5-6-7-8-9-10-17-32-23(31)20-15-12-16-29(20)22(30)21-18(24(26,27)28)13-11-14-19(21)25/h11,13-14,20H,2-10,12,15-17H2,1H3. The minimum Gasteiger partial charge on any atom is -0.464 e. The molecule has 0 N–H and O–H groups in total. The minimum atomic E-state index is -4.88. The highest BCUT2D eigenvalue weighted by Gasteiger charge is 2.42. The van der Waals surface area contributed by atoms with Crippen molar-refractivity contribution in [2.24, 2.45) is 0 Å². The van der Waals surface area contributed by atoms with E-state index in [9.17, 15) is 27.2 Å². The molecule has 1 unspecified atom stereocenters. The number of hydrogen-bond donors (Lipinski definition) is 0. The summed E-state index contributed by atoms with van der Waals surface area (Å²) >= 11 is 0. The van der Waals surface area contributed by atoms with Crippen LogP contribution in [0.2, 0.25) is 0 Å². The molecule has 32 heavy (non-hydrogen) atoms. The Hall–Kier alpha value is -2.12. The molecular weight excluding hydrogens is 426 g/mol. The number of hydrogen-bond acceptors (Lipinski definition) is 3. The fourth-order valence-corrected chi connectivity index (χ4v) is 4.06. The first-order valence-corrected chi connectivity index (χ1v) is 11.6. The molecule has 1 fully saturated rings. The largest absolute Gasteiger partial charge is 0.464 e. The first-order valence-electron chi connectivity index (χ1n) is 11.6. The van der Waals surface area contributed by atoms with E-state index in [1.165, 1.54) is 32.1 Å². The number of unbranched alkanes of at least 4 members (excludes halogenated alkanes) is 8. The van der Waals surface area contributed by atoms with E-state index in [0.717, 1.165) is 36.3 Å². The molecule has 1 atom stereocenters. The van der Waals surface area contributed by atoms with E-state index in [4.69, 9.17) is 4.74 Å². The topological polar surface area (TPSA) is 46.6 Å². The molecule has 180 valence electrons. The normalized spacial score (nSPS) is 16.4. The van der Waals surface area contributed by atoms with Gasteiger partial charge in [0.15, 0.2) is 0 Å². The fourth-order valence-electron chi connectivity index (χ4n) is 4.06. The van der Waals surface area contributed by atoms with Crippen LogP contribution in [-0.4, -0.2) is 36.0 Å². The second-order valence-corrected chi connectivity index (χ2v) is 8.31. The summed E-state index contributed by atoms with van der Waals surface area (Å²) in [6.07, 6.45) is 5.90. The van der Waals surface area contributed by atoms with E-state index < -0.39 is 41.0 Å². The van der Waals surface area contributed by atoms with Gasteiger partial charge in [-0.05, 0) is 31.4 Å². The highest BCUT2D eigenvalue weighted by Crippen LogP contribution is 2.34. The third-order valence-corrected chi connectivity index (χ3v) is 5.81. The Morgan fingerprint density at radius 3 is 2.28 bits per heavy atom. The second-order valence-electron chi connectivity index (χ2n) is 8.31. The van der Waals surface area contributed by atoms with Crippen molar-refractivity contribution in [3.05, 3.63) is 35.1 Å². The zero-order valence-corrected chi connectivity index (χ0v) is 18.7. The van der Waals surface area contributed by atoms with Crippen LogP contribution < -0.4 is 0 Å². The maximum absolute atomic E-state index is 14.2. The zero-order valence-electron chi connectivity index (χ0n) is 18.7.